The highest BCUT2D eigenvalue weighted by atomic mass is 32.2. The van der Waals surface area contributed by atoms with Crippen LogP contribution in [0.3, 0.4) is 0 Å². The maximum Gasteiger partial charge on any atom is 0.260 e. The van der Waals surface area contributed by atoms with E-state index in [0.717, 1.165) is 49.2 Å². The highest BCUT2D eigenvalue weighted by Crippen LogP contribution is 2.39. The molecule has 1 saturated heterocycles. The molecule has 2 aromatic carbocycles. The third-order valence-electron chi connectivity index (χ3n) is 6.58. The normalized spacial score (nSPS) is 19.6. The van der Waals surface area contributed by atoms with Crippen LogP contribution in [0.5, 0.6) is 5.75 Å². The van der Waals surface area contributed by atoms with E-state index in [4.69, 9.17) is 8.92 Å². The van der Waals surface area contributed by atoms with Gasteiger partial charge in [-0.05, 0) is 37.0 Å². The number of hydrogen-bond donors (Lipinski definition) is 3. The number of fused-ring (bicyclic) bond motifs is 1. The lowest BCUT2D eigenvalue weighted by Crippen LogP contribution is -2.41. The van der Waals surface area contributed by atoms with E-state index in [9.17, 15) is 14.1 Å². The molecule has 0 spiro atoms. The number of amides is 1. The lowest BCUT2D eigenvalue weighted by Gasteiger charge is -2.32. The van der Waals surface area contributed by atoms with Gasteiger partial charge in [-0.25, -0.2) is 4.21 Å². The lowest BCUT2D eigenvalue weighted by molar-refractivity contribution is -0.134. The van der Waals surface area contributed by atoms with E-state index >= 15 is 0 Å². The summed E-state index contributed by atoms with van der Waals surface area (Å²) >= 11 is 0. The van der Waals surface area contributed by atoms with Crippen molar-refractivity contribution in [2.75, 3.05) is 52.3 Å². The number of nitrogens with one attached hydrogen (secondary N) is 1. The van der Waals surface area contributed by atoms with Crippen LogP contribution in [-0.2, 0) is 26.3 Å². The zero-order chi connectivity index (χ0) is 24.8. The molecule has 10 heteroatoms. The Labute approximate surface area is 208 Å². The summed E-state index contributed by atoms with van der Waals surface area (Å²) in [6.07, 6.45) is 2.14. The molecule has 1 fully saturated rings. The van der Waals surface area contributed by atoms with Crippen molar-refractivity contribution in [2.45, 2.75) is 31.4 Å². The molecule has 2 aliphatic heterocycles. The average molecular weight is 503 g/mol. The van der Waals surface area contributed by atoms with Crippen molar-refractivity contribution in [3.63, 3.8) is 0 Å². The molecule has 2 unspecified atom stereocenters. The summed E-state index contributed by atoms with van der Waals surface area (Å²) < 4.78 is 26.8. The van der Waals surface area contributed by atoms with E-state index in [1.165, 1.54) is 7.11 Å². The minimum absolute atomic E-state index is 0.112. The molecule has 4 rings (SSSR count). The van der Waals surface area contributed by atoms with Gasteiger partial charge < -0.3 is 20.1 Å². The topological polar surface area (TPSA) is 104 Å². The fraction of sp³-hybridized carbons (Fsp3) is 0.480. The molecule has 2 N–H and O–H groups in total. The van der Waals surface area contributed by atoms with Gasteiger partial charge in [-0.15, -0.1) is 0 Å². The molecule has 35 heavy (non-hydrogen) atoms. The number of nitrogens with zero attached hydrogens (tertiary/aromatic N) is 3. The van der Waals surface area contributed by atoms with Crippen LogP contribution in [0, 0.1) is 0 Å². The van der Waals surface area contributed by atoms with Gasteiger partial charge in [-0.3, -0.25) is 13.9 Å². The predicted octanol–water partition coefficient (Wildman–Crippen LogP) is 2.55. The molecule has 2 aliphatic rings. The summed E-state index contributed by atoms with van der Waals surface area (Å²) in [7, 11) is 1.04. The van der Waals surface area contributed by atoms with Crippen LogP contribution in [0.25, 0.3) is 0 Å². The van der Waals surface area contributed by atoms with Crippen molar-refractivity contribution in [3.8, 4) is 5.75 Å². The number of carbonyl (C=O) groups is 1. The first-order valence-electron chi connectivity index (χ1n) is 11.9. The number of carbonyl (C=O) groups excluding carboxylic acids is 1. The number of likely N-dealkylation sites (tertiary alicyclic amines) is 1. The number of β-amino-alcohol motifs (C(OH)–C–C–N with tert-alkyl or cyclic N) is 1. The Morgan fingerprint density at radius 1 is 1.31 bits per heavy atom. The number of ether oxygens (including phenoxy) is 1. The molecule has 0 saturated carbocycles. The number of benzene rings is 2. The second kappa shape index (κ2) is 11.9. The van der Waals surface area contributed by atoms with Gasteiger partial charge in [-0.1, -0.05) is 30.3 Å². The molecule has 3 atom stereocenters. The first-order chi connectivity index (χ1) is 17.0. The number of aliphatic hydroxyl groups is 1. The fourth-order valence-corrected chi connectivity index (χ4v) is 5.09. The average Bonchev–Trinajstić information content (AvgIpc) is 3.31. The zero-order valence-electron chi connectivity index (χ0n) is 20.2. The van der Waals surface area contributed by atoms with Crippen LogP contribution < -0.4 is 10.1 Å². The van der Waals surface area contributed by atoms with Crippen molar-refractivity contribution < 1.29 is 23.0 Å². The Hall–Kier alpha value is -2.66. The molecular formula is C25H34N4O5S. The Bertz CT molecular complexity index is 1110. The van der Waals surface area contributed by atoms with E-state index in [-0.39, 0.29) is 24.7 Å². The van der Waals surface area contributed by atoms with Gasteiger partial charge in [-0.2, -0.15) is 4.36 Å². The van der Waals surface area contributed by atoms with Crippen LogP contribution in [0.1, 0.15) is 30.0 Å². The smallest absolute Gasteiger partial charge is 0.260 e. The van der Waals surface area contributed by atoms with Gasteiger partial charge in [0.05, 0.1) is 30.6 Å². The minimum Gasteiger partial charge on any atom is -0.482 e. The summed E-state index contributed by atoms with van der Waals surface area (Å²) in [6, 6.07) is 13.3. The van der Waals surface area contributed by atoms with E-state index in [1.54, 1.807) is 24.1 Å². The van der Waals surface area contributed by atoms with Gasteiger partial charge in [0.2, 0.25) is 0 Å². The number of hydrogen-bond acceptors (Lipinski definition) is 8. The van der Waals surface area contributed by atoms with Gasteiger partial charge in [0.25, 0.3) is 5.91 Å². The molecule has 0 bridgehead atoms. The highest BCUT2D eigenvalue weighted by Gasteiger charge is 2.28. The Kier molecular flexibility index (Phi) is 8.61. The first-order valence-corrected chi connectivity index (χ1v) is 13.1. The number of thiol groups is 1. The molecule has 0 radical (unpaired) electrons. The van der Waals surface area contributed by atoms with Crippen molar-refractivity contribution in [1.82, 2.24) is 9.80 Å². The van der Waals surface area contributed by atoms with Crippen molar-refractivity contribution >= 4 is 28.2 Å². The quantitative estimate of drug-likeness (QED) is 0.453. The Morgan fingerprint density at radius 2 is 2.11 bits per heavy atom. The van der Waals surface area contributed by atoms with Gasteiger partial charge in [0, 0.05) is 38.8 Å². The van der Waals surface area contributed by atoms with Crippen LogP contribution >= 0.6 is 0 Å². The zero-order valence-corrected chi connectivity index (χ0v) is 21.1. The maximum absolute atomic E-state index is 13.2. The third-order valence-corrected chi connectivity index (χ3v) is 7.27. The highest BCUT2D eigenvalue weighted by molar-refractivity contribution is 7.69. The summed E-state index contributed by atoms with van der Waals surface area (Å²) in [6.45, 7) is 2.75. The molecule has 190 valence electrons. The summed E-state index contributed by atoms with van der Waals surface area (Å²) in [5.74, 6) is 0.436. The lowest BCUT2D eigenvalue weighted by atomic mass is 10.0. The van der Waals surface area contributed by atoms with E-state index in [0.29, 0.717) is 24.5 Å². The van der Waals surface area contributed by atoms with E-state index < -0.39 is 10.9 Å². The van der Waals surface area contributed by atoms with Gasteiger partial charge in [0.15, 0.2) is 17.5 Å². The molecular weight excluding hydrogens is 468 g/mol. The van der Waals surface area contributed by atoms with Crippen LogP contribution in [-0.4, -0.2) is 78.1 Å². The van der Waals surface area contributed by atoms with Crippen LogP contribution in [0.4, 0.5) is 11.4 Å². The summed E-state index contributed by atoms with van der Waals surface area (Å²) in [4.78, 5) is 17.2. The van der Waals surface area contributed by atoms with Crippen LogP contribution in [0.15, 0.2) is 46.8 Å². The standard InChI is InChI=1S/C25H34N4O5S/c1-28(22(18-7-4-3-5-8-18)16-29-14-12-19(30)15-29)24(31)17-34-23-11-10-21(27-35(32)33-2)20-9-6-13-26-25(20)23/h3-5,7-8,10-11,19,22,26,30,35H,6,9,12-17H2,1-2H3/t19-,22?/m0/s1. The second-order valence-electron chi connectivity index (χ2n) is 8.91. The molecule has 2 heterocycles. The maximum atomic E-state index is 13.2. The Balaban J connectivity index is 1.49. The largest absolute Gasteiger partial charge is 0.482 e. The molecule has 0 aromatic heterocycles. The SMILES string of the molecule is CO[SH](=O)=Nc1ccc(OCC(=O)N(C)C(CN2CC[C@H](O)C2)c2ccccc2)c2c1CCCN2. The monoisotopic (exact) mass is 502 g/mol. The third kappa shape index (κ3) is 6.32. The van der Waals surface area contributed by atoms with Gasteiger partial charge in [0.1, 0.15) is 5.75 Å². The Morgan fingerprint density at radius 3 is 2.83 bits per heavy atom. The minimum atomic E-state index is -2.12. The number of anilines is 1. The van der Waals surface area contributed by atoms with Crippen molar-refractivity contribution in [2.24, 2.45) is 4.36 Å². The molecule has 9 nitrogen and oxygen atoms in total. The van der Waals surface area contributed by atoms with Crippen LogP contribution in [0.2, 0.25) is 0 Å². The van der Waals surface area contributed by atoms with Crippen molar-refractivity contribution in [1.29, 1.82) is 0 Å². The molecule has 1 amide bonds. The summed E-state index contributed by atoms with van der Waals surface area (Å²) in [5.41, 5.74) is 3.37. The first kappa shape index (κ1) is 25.4. The van der Waals surface area contributed by atoms with Crippen molar-refractivity contribution in [3.05, 3.63) is 53.6 Å². The summed E-state index contributed by atoms with van der Waals surface area (Å²) in [5, 5.41) is 13.3. The number of aliphatic hydroxyl groups excluding tert-OH is 1. The fourth-order valence-electron chi connectivity index (χ4n) is 4.65. The van der Waals surface area contributed by atoms with E-state index in [1.807, 2.05) is 30.3 Å². The molecule has 0 aliphatic carbocycles. The second-order valence-corrected chi connectivity index (χ2v) is 9.95. The van der Waals surface area contributed by atoms with E-state index in [2.05, 4.69) is 14.6 Å². The molecule has 2 aromatic rings. The number of likely N-dealkylation sites (N-methyl/N-ethyl adjacent to an activating group) is 1. The number of rotatable bonds is 9. The van der Waals surface area contributed by atoms with Gasteiger partial charge >= 0.3 is 0 Å². The predicted molar refractivity (Wildman–Crippen MR) is 136 cm³/mol.